The number of allylic oxidation sites excluding steroid dienone is 2. The third-order valence-electron chi connectivity index (χ3n) is 6.19. The van der Waals surface area contributed by atoms with Crippen LogP contribution in [-0.2, 0) is 4.74 Å². The van der Waals surface area contributed by atoms with E-state index in [0.29, 0.717) is 18.8 Å². The lowest BCUT2D eigenvalue weighted by Crippen LogP contribution is -2.51. The summed E-state index contributed by atoms with van der Waals surface area (Å²) in [7, 11) is 0. The highest BCUT2D eigenvalue weighted by Crippen LogP contribution is 2.48. The summed E-state index contributed by atoms with van der Waals surface area (Å²) in [5, 5.41) is 0. The van der Waals surface area contributed by atoms with Gasteiger partial charge in [-0.25, -0.2) is 22.0 Å². The van der Waals surface area contributed by atoms with Gasteiger partial charge in [-0.1, -0.05) is 56.9 Å². The lowest BCUT2D eigenvalue weighted by Gasteiger charge is -2.45. The molecule has 0 saturated heterocycles. The fourth-order valence-electron chi connectivity index (χ4n) is 4.71. The monoisotopic (exact) mass is 414 g/mol. The molecule has 2 aliphatic carbocycles. The first-order valence-electron chi connectivity index (χ1n) is 10.3. The van der Waals surface area contributed by atoms with Crippen LogP contribution in [0.25, 0.3) is 5.57 Å². The van der Waals surface area contributed by atoms with Gasteiger partial charge in [0.2, 0.25) is 0 Å². The van der Waals surface area contributed by atoms with E-state index in [2.05, 4.69) is 6.92 Å². The third-order valence-corrected chi connectivity index (χ3v) is 6.19. The van der Waals surface area contributed by atoms with Gasteiger partial charge in [0, 0.05) is 11.1 Å². The van der Waals surface area contributed by atoms with Crippen LogP contribution < -0.4 is 0 Å². The fraction of sp³-hybridized carbons (Fsp3) is 0.565. The average molecular weight is 414 g/mol. The average Bonchev–Trinajstić information content (AvgIpc) is 2.71. The number of hydrogen-bond donors (Lipinski definition) is 0. The quantitative estimate of drug-likeness (QED) is 0.435. The topological polar surface area (TPSA) is 9.23 Å². The number of benzene rings is 1. The molecule has 160 valence electrons. The first-order chi connectivity index (χ1) is 13.9. The summed E-state index contributed by atoms with van der Waals surface area (Å²) in [4.78, 5) is 0. The Hall–Kier alpha value is -1.69. The van der Waals surface area contributed by atoms with Crippen LogP contribution in [0.1, 0.15) is 51.0 Å². The smallest absolute Gasteiger partial charge is 0.261 e. The predicted molar refractivity (Wildman–Crippen MR) is 104 cm³/mol. The van der Waals surface area contributed by atoms with Crippen molar-refractivity contribution in [3.8, 4) is 0 Å². The summed E-state index contributed by atoms with van der Waals surface area (Å²) < 4.78 is 75.8. The van der Waals surface area contributed by atoms with Crippen LogP contribution in [0.5, 0.6) is 0 Å². The first-order valence-corrected chi connectivity index (χ1v) is 10.3. The molecule has 2 atom stereocenters. The van der Waals surface area contributed by atoms with Crippen molar-refractivity contribution in [3.05, 3.63) is 53.6 Å². The summed E-state index contributed by atoms with van der Waals surface area (Å²) >= 11 is 0. The molecule has 1 nitrogen and oxygen atoms in total. The Morgan fingerprint density at radius 3 is 2.41 bits per heavy atom. The van der Waals surface area contributed by atoms with E-state index in [1.54, 1.807) is 0 Å². The number of rotatable bonds is 7. The van der Waals surface area contributed by atoms with E-state index < -0.39 is 42.4 Å². The summed E-state index contributed by atoms with van der Waals surface area (Å²) in [6.07, 6.45) is 2.55. The molecular formula is C23H27F5O. The van der Waals surface area contributed by atoms with Gasteiger partial charge in [0.15, 0.2) is 6.17 Å². The molecule has 2 unspecified atom stereocenters. The Morgan fingerprint density at radius 2 is 1.79 bits per heavy atom. The minimum atomic E-state index is -2.79. The Balaban J connectivity index is 1.90. The van der Waals surface area contributed by atoms with Crippen molar-refractivity contribution in [2.45, 2.75) is 63.6 Å². The molecule has 0 N–H and O–H groups in total. The standard InChI is InChI=1S/C23H27F5O/c1-2-5-15-8-10-16(11-9-15)23(29-14-20(25)26)13-12-18(21(27)22(23)28)17-6-3-4-7-19(17)24/h3-4,6-7,12-13,15-16,20,22H,2,5,8-11,14H2,1H3/t15-,16-,22?,23?. The Bertz CT molecular complexity index is 751. The molecule has 1 aromatic rings. The summed E-state index contributed by atoms with van der Waals surface area (Å²) in [5.41, 5.74) is -2.04. The van der Waals surface area contributed by atoms with Crippen molar-refractivity contribution >= 4 is 5.57 Å². The zero-order valence-corrected chi connectivity index (χ0v) is 16.5. The molecule has 1 saturated carbocycles. The molecule has 1 aromatic carbocycles. The minimum absolute atomic E-state index is 0.0574. The number of hydrogen-bond acceptors (Lipinski definition) is 1. The van der Waals surface area contributed by atoms with Gasteiger partial charge in [-0.3, -0.25) is 0 Å². The third kappa shape index (κ3) is 4.57. The largest absolute Gasteiger partial charge is 0.361 e. The molecule has 29 heavy (non-hydrogen) atoms. The second-order valence-corrected chi connectivity index (χ2v) is 8.00. The van der Waals surface area contributed by atoms with Crippen molar-refractivity contribution in [1.82, 2.24) is 0 Å². The van der Waals surface area contributed by atoms with Crippen molar-refractivity contribution < 1.29 is 26.7 Å². The molecule has 3 rings (SSSR count). The van der Waals surface area contributed by atoms with Crippen molar-refractivity contribution in [2.75, 3.05) is 6.61 Å². The van der Waals surface area contributed by atoms with Crippen LogP contribution >= 0.6 is 0 Å². The molecule has 0 radical (unpaired) electrons. The molecule has 2 aliphatic rings. The maximum Gasteiger partial charge on any atom is 0.261 e. The van der Waals surface area contributed by atoms with Crippen LogP contribution in [0.3, 0.4) is 0 Å². The van der Waals surface area contributed by atoms with E-state index in [9.17, 15) is 13.2 Å². The summed E-state index contributed by atoms with van der Waals surface area (Å²) in [6, 6.07) is 5.52. The van der Waals surface area contributed by atoms with Gasteiger partial charge in [0.05, 0.1) is 0 Å². The highest BCUT2D eigenvalue weighted by atomic mass is 19.3. The van der Waals surface area contributed by atoms with E-state index in [4.69, 9.17) is 4.74 Å². The Morgan fingerprint density at radius 1 is 1.10 bits per heavy atom. The highest BCUT2D eigenvalue weighted by Gasteiger charge is 2.51. The molecular weight excluding hydrogens is 387 g/mol. The normalized spacial score (nSPS) is 30.2. The predicted octanol–water partition coefficient (Wildman–Crippen LogP) is 7.04. The lowest BCUT2D eigenvalue weighted by molar-refractivity contribution is -0.132. The summed E-state index contributed by atoms with van der Waals surface area (Å²) in [6.45, 7) is 1.13. The molecule has 0 heterocycles. The van der Waals surface area contributed by atoms with Crippen LogP contribution in [0.15, 0.2) is 42.2 Å². The van der Waals surface area contributed by atoms with Gasteiger partial charge in [-0.15, -0.1) is 0 Å². The van der Waals surface area contributed by atoms with Gasteiger partial charge in [0.1, 0.15) is 23.9 Å². The first kappa shape index (κ1) is 22.0. The number of alkyl halides is 3. The van der Waals surface area contributed by atoms with Gasteiger partial charge >= 0.3 is 0 Å². The second-order valence-electron chi connectivity index (χ2n) is 8.00. The Labute approximate surface area is 168 Å². The van der Waals surface area contributed by atoms with Crippen LogP contribution in [0, 0.1) is 17.7 Å². The van der Waals surface area contributed by atoms with Crippen LogP contribution in [0.4, 0.5) is 22.0 Å². The molecule has 1 fully saturated rings. The lowest BCUT2D eigenvalue weighted by atomic mass is 9.68. The summed E-state index contributed by atoms with van der Waals surface area (Å²) in [5.74, 6) is -1.73. The van der Waals surface area contributed by atoms with E-state index in [1.165, 1.54) is 36.4 Å². The Kier molecular flexibility index (Phi) is 7.14. The fourth-order valence-corrected chi connectivity index (χ4v) is 4.71. The van der Waals surface area contributed by atoms with Crippen LogP contribution in [-0.4, -0.2) is 24.8 Å². The van der Waals surface area contributed by atoms with E-state index in [1.807, 2.05) is 0 Å². The molecule has 0 spiro atoms. The van der Waals surface area contributed by atoms with Crippen molar-refractivity contribution in [1.29, 1.82) is 0 Å². The molecule has 0 amide bonds. The minimum Gasteiger partial charge on any atom is -0.361 e. The molecule has 6 heteroatoms. The van der Waals surface area contributed by atoms with Gasteiger partial charge in [0.25, 0.3) is 6.43 Å². The highest BCUT2D eigenvalue weighted by molar-refractivity contribution is 5.78. The van der Waals surface area contributed by atoms with Gasteiger partial charge in [-0.05, 0) is 36.8 Å². The number of ether oxygens (including phenoxy) is 1. The van der Waals surface area contributed by atoms with E-state index in [-0.39, 0.29) is 11.1 Å². The van der Waals surface area contributed by atoms with Crippen molar-refractivity contribution in [3.63, 3.8) is 0 Å². The SMILES string of the molecule is CCC[C@H]1CC[C@H](C2(OCC(F)F)C=CC(c3ccccc3F)=C(F)C2F)CC1. The second kappa shape index (κ2) is 9.41. The molecule has 0 bridgehead atoms. The van der Waals surface area contributed by atoms with Gasteiger partial charge < -0.3 is 4.74 Å². The zero-order valence-electron chi connectivity index (χ0n) is 16.5. The van der Waals surface area contributed by atoms with E-state index >= 15 is 8.78 Å². The molecule has 0 aromatic heterocycles. The molecule has 0 aliphatic heterocycles. The van der Waals surface area contributed by atoms with Gasteiger partial charge in [-0.2, -0.15) is 0 Å². The van der Waals surface area contributed by atoms with Crippen LogP contribution in [0.2, 0.25) is 0 Å². The maximum atomic E-state index is 15.5. The zero-order chi connectivity index (χ0) is 21.0. The van der Waals surface area contributed by atoms with Crippen molar-refractivity contribution in [2.24, 2.45) is 11.8 Å². The maximum absolute atomic E-state index is 15.5. The number of halogens is 5. The van der Waals surface area contributed by atoms with E-state index in [0.717, 1.165) is 25.7 Å².